The van der Waals surface area contributed by atoms with Gasteiger partial charge in [-0.2, -0.15) is 0 Å². The number of methoxy groups -OCH3 is 1. The van der Waals surface area contributed by atoms with Gasteiger partial charge in [0.1, 0.15) is 28.6 Å². The summed E-state index contributed by atoms with van der Waals surface area (Å²) in [6.07, 6.45) is 2.80. The summed E-state index contributed by atoms with van der Waals surface area (Å²) in [7, 11) is 1.64. The predicted molar refractivity (Wildman–Crippen MR) is 96.1 cm³/mol. The Morgan fingerprint density at radius 1 is 1.20 bits per heavy atom. The highest BCUT2D eigenvalue weighted by atomic mass is 16.5. The Morgan fingerprint density at radius 3 is 2.84 bits per heavy atom. The lowest BCUT2D eigenvalue weighted by atomic mass is 9.86. The van der Waals surface area contributed by atoms with Gasteiger partial charge >= 0.3 is 0 Å². The first-order chi connectivity index (χ1) is 12.0. The molecule has 132 valence electrons. The van der Waals surface area contributed by atoms with E-state index in [9.17, 15) is 5.11 Å². The van der Waals surface area contributed by atoms with Crippen molar-refractivity contribution >= 4 is 0 Å². The van der Waals surface area contributed by atoms with Gasteiger partial charge in [0.2, 0.25) is 0 Å². The zero-order valence-corrected chi connectivity index (χ0v) is 15.0. The molecule has 0 amide bonds. The van der Waals surface area contributed by atoms with Gasteiger partial charge in [-0.3, -0.25) is 0 Å². The Kier molecular flexibility index (Phi) is 3.78. The third kappa shape index (κ3) is 2.90. The van der Waals surface area contributed by atoms with Crippen LogP contribution >= 0.6 is 0 Å². The van der Waals surface area contributed by atoms with Crippen molar-refractivity contribution in [3.63, 3.8) is 0 Å². The Labute approximate surface area is 148 Å². The van der Waals surface area contributed by atoms with Crippen molar-refractivity contribution in [2.24, 2.45) is 0 Å². The van der Waals surface area contributed by atoms with E-state index in [1.54, 1.807) is 19.2 Å². The molecular formula is C21H24O4. The average molecular weight is 340 g/mol. The highest BCUT2D eigenvalue weighted by Crippen LogP contribution is 2.45. The van der Waals surface area contributed by atoms with E-state index in [1.807, 2.05) is 6.07 Å². The van der Waals surface area contributed by atoms with Gasteiger partial charge in [-0.15, -0.1) is 0 Å². The second kappa shape index (κ2) is 5.87. The maximum atomic E-state index is 10.2. The molecule has 4 nitrogen and oxygen atoms in total. The van der Waals surface area contributed by atoms with Crippen LogP contribution in [0.5, 0.6) is 23.0 Å². The SMILES string of the molecule is COc1ccc(O)c(C2COc3c(ccc4c3CCC(C)(C)O4)C2)c1. The molecule has 4 rings (SSSR count). The summed E-state index contributed by atoms with van der Waals surface area (Å²) in [5.41, 5.74) is 3.12. The molecule has 2 aliphatic rings. The van der Waals surface area contributed by atoms with Crippen molar-refractivity contribution < 1.29 is 19.3 Å². The third-order valence-corrected chi connectivity index (χ3v) is 5.23. The van der Waals surface area contributed by atoms with Crippen LogP contribution in [-0.2, 0) is 12.8 Å². The molecule has 25 heavy (non-hydrogen) atoms. The molecule has 0 fully saturated rings. The van der Waals surface area contributed by atoms with Crippen molar-refractivity contribution in [2.45, 2.75) is 44.6 Å². The molecule has 0 saturated carbocycles. The van der Waals surface area contributed by atoms with Crippen LogP contribution in [0.4, 0.5) is 0 Å². The molecule has 0 aromatic heterocycles. The first kappa shape index (κ1) is 16.1. The fourth-order valence-corrected chi connectivity index (χ4v) is 3.80. The van der Waals surface area contributed by atoms with E-state index in [2.05, 4.69) is 26.0 Å². The zero-order chi connectivity index (χ0) is 17.6. The lowest BCUT2D eigenvalue weighted by Crippen LogP contribution is -2.33. The molecule has 0 aliphatic carbocycles. The molecule has 0 spiro atoms. The van der Waals surface area contributed by atoms with E-state index in [1.165, 1.54) is 11.1 Å². The van der Waals surface area contributed by atoms with Crippen LogP contribution in [0.25, 0.3) is 0 Å². The summed E-state index contributed by atoms with van der Waals surface area (Å²) >= 11 is 0. The molecule has 0 bridgehead atoms. The molecule has 2 aromatic rings. The largest absolute Gasteiger partial charge is 0.508 e. The lowest BCUT2D eigenvalue weighted by Gasteiger charge is -2.35. The van der Waals surface area contributed by atoms with Crippen LogP contribution in [0.2, 0.25) is 0 Å². The molecule has 2 heterocycles. The van der Waals surface area contributed by atoms with Crippen LogP contribution in [-0.4, -0.2) is 24.4 Å². The van der Waals surface area contributed by atoms with Crippen molar-refractivity contribution in [3.05, 3.63) is 47.0 Å². The van der Waals surface area contributed by atoms with Gasteiger partial charge in [0.25, 0.3) is 0 Å². The molecule has 1 N–H and O–H groups in total. The van der Waals surface area contributed by atoms with E-state index < -0.39 is 0 Å². The third-order valence-electron chi connectivity index (χ3n) is 5.23. The molecule has 0 radical (unpaired) electrons. The predicted octanol–water partition coefficient (Wildman–Crippen LogP) is 4.22. The smallest absolute Gasteiger partial charge is 0.129 e. The van der Waals surface area contributed by atoms with Crippen molar-refractivity contribution in [2.75, 3.05) is 13.7 Å². The minimum atomic E-state index is -0.120. The molecule has 1 atom stereocenters. The number of fused-ring (bicyclic) bond motifs is 3. The quantitative estimate of drug-likeness (QED) is 0.889. The van der Waals surface area contributed by atoms with Crippen molar-refractivity contribution in [1.29, 1.82) is 0 Å². The first-order valence-electron chi connectivity index (χ1n) is 8.80. The number of hydrogen-bond acceptors (Lipinski definition) is 4. The normalized spacial score (nSPS) is 20.7. The minimum absolute atomic E-state index is 0.113. The monoisotopic (exact) mass is 340 g/mol. The van der Waals surface area contributed by atoms with E-state index >= 15 is 0 Å². The number of phenols is 1. The number of rotatable bonds is 2. The summed E-state index contributed by atoms with van der Waals surface area (Å²) in [5.74, 6) is 3.08. The molecule has 0 saturated heterocycles. The Hall–Kier alpha value is -2.36. The number of phenolic OH excluding ortho intramolecular Hbond substituents is 1. The second-order valence-electron chi connectivity index (χ2n) is 7.53. The standard InChI is InChI=1S/C21H24O4/c1-21(2)9-8-16-19(25-21)7-4-13-10-14(12-24-20(13)16)17-11-15(23-3)5-6-18(17)22/h4-7,11,14,22H,8-10,12H2,1-3H3. The number of hydrogen-bond donors (Lipinski definition) is 1. The van der Waals surface area contributed by atoms with Gasteiger partial charge in [-0.05, 0) is 62.9 Å². The van der Waals surface area contributed by atoms with Gasteiger partial charge in [0.15, 0.2) is 0 Å². The van der Waals surface area contributed by atoms with E-state index in [0.29, 0.717) is 12.4 Å². The summed E-state index contributed by atoms with van der Waals surface area (Å²) in [6, 6.07) is 9.52. The van der Waals surface area contributed by atoms with Crippen LogP contribution in [0.1, 0.15) is 42.9 Å². The van der Waals surface area contributed by atoms with Crippen molar-refractivity contribution in [1.82, 2.24) is 0 Å². The second-order valence-corrected chi connectivity index (χ2v) is 7.53. The van der Waals surface area contributed by atoms with Crippen molar-refractivity contribution in [3.8, 4) is 23.0 Å². The van der Waals surface area contributed by atoms with Gasteiger partial charge in [0, 0.05) is 17.0 Å². The molecule has 4 heteroatoms. The summed E-state index contributed by atoms with van der Waals surface area (Å²) in [5, 5.41) is 10.2. The van der Waals surface area contributed by atoms with Gasteiger partial charge in [0.05, 0.1) is 13.7 Å². The van der Waals surface area contributed by atoms with Crippen LogP contribution in [0.3, 0.4) is 0 Å². The fraction of sp³-hybridized carbons (Fsp3) is 0.429. The highest BCUT2D eigenvalue weighted by Gasteiger charge is 2.32. The number of ether oxygens (including phenoxy) is 3. The van der Waals surface area contributed by atoms with Gasteiger partial charge in [-0.25, -0.2) is 0 Å². The van der Waals surface area contributed by atoms with E-state index in [4.69, 9.17) is 14.2 Å². The Bertz CT molecular complexity index is 810. The highest BCUT2D eigenvalue weighted by molar-refractivity contribution is 5.54. The Morgan fingerprint density at radius 2 is 2.04 bits per heavy atom. The summed E-state index contributed by atoms with van der Waals surface area (Å²) < 4.78 is 17.6. The minimum Gasteiger partial charge on any atom is -0.508 e. The first-order valence-corrected chi connectivity index (χ1v) is 8.80. The van der Waals surface area contributed by atoms with E-state index in [0.717, 1.165) is 42.1 Å². The van der Waals surface area contributed by atoms with Crippen LogP contribution < -0.4 is 14.2 Å². The molecule has 2 aromatic carbocycles. The molecule has 1 unspecified atom stereocenters. The molecule has 2 aliphatic heterocycles. The zero-order valence-electron chi connectivity index (χ0n) is 15.0. The summed E-state index contributed by atoms with van der Waals surface area (Å²) in [6.45, 7) is 4.79. The van der Waals surface area contributed by atoms with Crippen LogP contribution in [0.15, 0.2) is 30.3 Å². The number of benzene rings is 2. The number of aromatic hydroxyl groups is 1. The molecular weight excluding hydrogens is 316 g/mol. The van der Waals surface area contributed by atoms with Gasteiger partial charge < -0.3 is 19.3 Å². The topological polar surface area (TPSA) is 47.9 Å². The maximum absolute atomic E-state index is 10.2. The van der Waals surface area contributed by atoms with Crippen LogP contribution in [0, 0.1) is 0 Å². The fourth-order valence-electron chi connectivity index (χ4n) is 3.80. The lowest BCUT2D eigenvalue weighted by molar-refractivity contribution is 0.0826. The van der Waals surface area contributed by atoms with Gasteiger partial charge in [-0.1, -0.05) is 6.07 Å². The van der Waals surface area contributed by atoms with E-state index in [-0.39, 0.29) is 11.5 Å². The summed E-state index contributed by atoms with van der Waals surface area (Å²) in [4.78, 5) is 0. The Balaban J connectivity index is 1.65. The average Bonchev–Trinajstić information content (AvgIpc) is 2.60. The maximum Gasteiger partial charge on any atom is 0.129 e.